The summed E-state index contributed by atoms with van der Waals surface area (Å²) in [5, 5.41) is 1.64. The molecule has 2 aromatic carbocycles. The zero-order valence-corrected chi connectivity index (χ0v) is 15.9. The fourth-order valence-corrected chi connectivity index (χ4v) is 2.58. The van der Waals surface area contributed by atoms with E-state index in [1.165, 1.54) is 7.11 Å². The molecule has 3 aromatic rings. The van der Waals surface area contributed by atoms with E-state index in [1.54, 1.807) is 6.20 Å². The largest absolute Gasteiger partial charge is 0.489 e. The van der Waals surface area contributed by atoms with Crippen LogP contribution in [0, 0.1) is 0 Å². The molecule has 0 saturated heterocycles. The van der Waals surface area contributed by atoms with Crippen LogP contribution in [0.2, 0.25) is 5.02 Å². The number of pyridine rings is 1. The Morgan fingerprint density at radius 3 is 2.62 bits per heavy atom. The number of carbonyl (C=O) groups excluding carboxylic acids is 1. The van der Waals surface area contributed by atoms with Crippen molar-refractivity contribution in [2.75, 3.05) is 7.11 Å². The highest BCUT2D eigenvalue weighted by atomic mass is 35.5. The number of nitrogens with zero attached hydrogens (tertiary/aromatic N) is 1. The predicted molar refractivity (Wildman–Crippen MR) is 105 cm³/mol. The van der Waals surface area contributed by atoms with Crippen molar-refractivity contribution in [3.63, 3.8) is 0 Å². The van der Waals surface area contributed by atoms with Gasteiger partial charge in [0.15, 0.2) is 0 Å². The fourth-order valence-electron chi connectivity index (χ4n) is 2.37. The topological polar surface area (TPSA) is 48.4 Å². The van der Waals surface area contributed by atoms with Crippen molar-refractivity contribution in [2.45, 2.75) is 26.9 Å². The minimum Gasteiger partial charge on any atom is -0.489 e. The van der Waals surface area contributed by atoms with Crippen LogP contribution in [0.15, 0.2) is 54.7 Å². The standard InChI is InChI=1S/C19H16ClNO3.C2H6/c1-23-19(22)9-14-7-15-5-6-17(10-18(15)21-11-14)24-12-13-3-2-4-16(20)8-13;1-2/h2-8,10-11H,9,12H2,1H3;1-2H3. The number of aromatic nitrogens is 1. The molecular weight excluding hydrogens is 350 g/mol. The van der Waals surface area contributed by atoms with Crippen LogP contribution in [0.1, 0.15) is 25.0 Å². The number of rotatable bonds is 5. The highest BCUT2D eigenvalue weighted by molar-refractivity contribution is 6.30. The van der Waals surface area contributed by atoms with Gasteiger partial charge in [-0.1, -0.05) is 37.6 Å². The van der Waals surface area contributed by atoms with Gasteiger partial charge in [-0.05, 0) is 41.5 Å². The molecule has 5 heteroatoms. The van der Waals surface area contributed by atoms with E-state index in [0.717, 1.165) is 27.8 Å². The van der Waals surface area contributed by atoms with Crippen molar-refractivity contribution in [2.24, 2.45) is 0 Å². The number of esters is 1. The van der Waals surface area contributed by atoms with Crippen LogP contribution in [-0.4, -0.2) is 18.1 Å². The molecule has 26 heavy (non-hydrogen) atoms. The molecule has 3 rings (SSSR count). The second-order valence-electron chi connectivity index (χ2n) is 5.37. The minimum absolute atomic E-state index is 0.215. The smallest absolute Gasteiger partial charge is 0.310 e. The molecule has 4 nitrogen and oxygen atoms in total. The number of benzene rings is 2. The summed E-state index contributed by atoms with van der Waals surface area (Å²) in [5.41, 5.74) is 2.64. The summed E-state index contributed by atoms with van der Waals surface area (Å²) in [5.74, 6) is 0.452. The fraction of sp³-hybridized carbons (Fsp3) is 0.238. The predicted octanol–water partition coefficient (Wildman–Crippen LogP) is 5.21. The van der Waals surface area contributed by atoms with Crippen molar-refractivity contribution >= 4 is 28.5 Å². The molecule has 0 amide bonds. The normalized spacial score (nSPS) is 10.0. The van der Waals surface area contributed by atoms with Crippen LogP contribution in [-0.2, 0) is 22.6 Å². The van der Waals surface area contributed by atoms with Crippen LogP contribution >= 0.6 is 11.6 Å². The number of fused-ring (bicyclic) bond motifs is 1. The summed E-state index contributed by atoms with van der Waals surface area (Å²) >= 11 is 5.97. The van der Waals surface area contributed by atoms with Gasteiger partial charge in [0.2, 0.25) is 0 Å². The second-order valence-corrected chi connectivity index (χ2v) is 5.81. The molecule has 0 saturated carbocycles. The minimum atomic E-state index is -0.280. The number of hydrogen-bond acceptors (Lipinski definition) is 4. The molecule has 0 radical (unpaired) electrons. The Bertz CT molecular complexity index is 880. The number of halogens is 1. The third-order valence-corrected chi connectivity index (χ3v) is 3.82. The summed E-state index contributed by atoms with van der Waals surface area (Å²) in [7, 11) is 1.38. The lowest BCUT2D eigenvalue weighted by Gasteiger charge is -2.08. The lowest BCUT2D eigenvalue weighted by atomic mass is 10.1. The molecule has 0 atom stereocenters. The van der Waals surface area contributed by atoms with Gasteiger partial charge in [-0.25, -0.2) is 0 Å². The first-order valence-electron chi connectivity index (χ1n) is 8.47. The van der Waals surface area contributed by atoms with Crippen LogP contribution < -0.4 is 4.74 Å². The van der Waals surface area contributed by atoms with Gasteiger partial charge in [-0.15, -0.1) is 0 Å². The second kappa shape index (κ2) is 9.78. The molecule has 1 heterocycles. The van der Waals surface area contributed by atoms with Crippen LogP contribution in [0.3, 0.4) is 0 Å². The molecule has 136 valence electrons. The maximum Gasteiger partial charge on any atom is 0.310 e. The summed E-state index contributed by atoms with van der Waals surface area (Å²) in [6.45, 7) is 4.44. The number of methoxy groups -OCH3 is 1. The Morgan fingerprint density at radius 1 is 1.08 bits per heavy atom. The molecule has 0 aliphatic carbocycles. The third-order valence-electron chi connectivity index (χ3n) is 3.58. The lowest BCUT2D eigenvalue weighted by Crippen LogP contribution is -2.04. The number of ether oxygens (including phenoxy) is 2. The number of carbonyl (C=O) groups is 1. The Balaban J connectivity index is 0.00000117. The molecule has 0 aliphatic heterocycles. The Hall–Kier alpha value is -2.59. The van der Waals surface area contributed by atoms with Gasteiger partial charge in [-0.3, -0.25) is 9.78 Å². The average molecular weight is 372 g/mol. The van der Waals surface area contributed by atoms with E-state index >= 15 is 0 Å². The van der Waals surface area contributed by atoms with E-state index in [9.17, 15) is 4.79 Å². The number of hydrogen-bond donors (Lipinski definition) is 0. The van der Waals surface area contributed by atoms with Crippen LogP contribution in [0.4, 0.5) is 0 Å². The Labute approximate surface area is 158 Å². The summed E-state index contributed by atoms with van der Waals surface area (Å²) < 4.78 is 10.5. The zero-order chi connectivity index (χ0) is 18.9. The van der Waals surface area contributed by atoms with Gasteiger partial charge < -0.3 is 9.47 Å². The molecule has 0 bridgehead atoms. The molecule has 0 unspecified atom stereocenters. The lowest BCUT2D eigenvalue weighted by molar-refractivity contribution is -0.139. The van der Waals surface area contributed by atoms with E-state index in [-0.39, 0.29) is 12.4 Å². The Kier molecular flexibility index (Phi) is 7.42. The van der Waals surface area contributed by atoms with Gasteiger partial charge in [0.05, 0.1) is 19.0 Å². The highest BCUT2D eigenvalue weighted by Gasteiger charge is 2.06. The average Bonchev–Trinajstić information content (AvgIpc) is 2.68. The monoisotopic (exact) mass is 371 g/mol. The molecule has 0 N–H and O–H groups in total. The summed E-state index contributed by atoms with van der Waals surface area (Å²) in [4.78, 5) is 15.7. The van der Waals surface area contributed by atoms with E-state index in [1.807, 2.05) is 62.4 Å². The SMILES string of the molecule is CC.COC(=O)Cc1cnc2cc(OCc3cccc(Cl)c3)ccc2c1. The Morgan fingerprint density at radius 2 is 1.88 bits per heavy atom. The van der Waals surface area contributed by atoms with E-state index < -0.39 is 0 Å². The first kappa shape index (κ1) is 19.7. The van der Waals surface area contributed by atoms with Gasteiger partial charge >= 0.3 is 5.97 Å². The summed E-state index contributed by atoms with van der Waals surface area (Å²) in [6, 6.07) is 15.2. The van der Waals surface area contributed by atoms with E-state index in [4.69, 9.17) is 16.3 Å². The first-order valence-corrected chi connectivity index (χ1v) is 8.84. The van der Waals surface area contributed by atoms with Gasteiger partial charge in [0, 0.05) is 22.7 Å². The highest BCUT2D eigenvalue weighted by Crippen LogP contribution is 2.22. The maximum atomic E-state index is 11.3. The van der Waals surface area contributed by atoms with Gasteiger partial charge in [-0.2, -0.15) is 0 Å². The third kappa shape index (κ3) is 5.46. The van der Waals surface area contributed by atoms with Crippen molar-refractivity contribution in [3.8, 4) is 5.75 Å². The molecular formula is C21H22ClNO3. The van der Waals surface area contributed by atoms with Gasteiger partial charge in [0.1, 0.15) is 12.4 Å². The molecule has 0 aliphatic rings. The van der Waals surface area contributed by atoms with Crippen molar-refractivity contribution in [1.29, 1.82) is 0 Å². The molecule has 0 fully saturated rings. The van der Waals surface area contributed by atoms with Crippen molar-refractivity contribution in [1.82, 2.24) is 4.98 Å². The van der Waals surface area contributed by atoms with E-state index in [2.05, 4.69) is 9.72 Å². The first-order chi connectivity index (χ1) is 12.6. The quantitative estimate of drug-likeness (QED) is 0.578. The van der Waals surface area contributed by atoms with Gasteiger partial charge in [0.25, 0.3) is 0 Å². The van der Waals surface area contributed by atoms with E-state index in [0.29, 0.717) is 11.6 Å². The maximum absolute atomic E-state index is 11.3. The van der Waals surface area contributed by atoms with Crippen molar-refractivity contribution < 1.29 is 14.3 Å². The molecule has 0 spiro atoms. The summed E-state index contributed by atoms with van der Waals surface area (Å²) in [6.07, 6.45) is 1.90. The van der Waals surface area contributed by atoms with Crippen LogP contribution in [0.5, 0.6) is 5.75 Å². The van der Waals surface area contributed by atoms with Crippen LogP contribution in [0.25, 0.3) is 10.9 Å². The van der Waals surface area contributed by atoms with Crippen molar-refractivity contribution in [3.05, 3.63) is 70.9 Å². The molecule has 1 aromatic heterocycles. The zero-order valence-electron chi connectivity index (χ0n) is 15.2.